The first-order chi connectivity index (χ1) is 4.68. The fraction of sp³-hybridized carbons (Fsp3) is 0.571. The van der Waals surface area contributed by atoms with Crippen LogP contribution >= 0.6 is 0 Å². The number of nitrogens with one attached hydrogen (secondary N) is 1. The fourth-order valence-electron chi connectivity index (χ4n) is 0.520. The van der Waals surface area contributed by atoms with Crippen LogP contribution in [0.25, 0.3) is 0 Å². The molecule has 0 aromatic heterocycles. The lowest BCUT2D eigenvalue weighted by atomic mass is 10.2. The molecule has 0 spiro atoms. The molecule has 0 heterocycles. The van der Waals surface area contributed by atoms with E-state index in [1.165, 1.54) is 0 Å². The highest BCUT2D eigenvalue weighted by molar-refractivity contribution is 5.85. The minimum atomic E-state index is -0.837. The van der Waals surface area contributed by atoms with Crippen LogP contribution in [0, 0.1) is 0 Å². The summed E-state index contributed by atoms with van der Waals surface area (Å²) in [6.07, 6.45) is 2.48. The third-order valence-electron chi connectivity index (χ3n) is 1.18. The second-order valence-corrected chi connectivity index (χ2v) is 2.08. The number of carbonyl (C=O) groups is 1. The van der Waals surface area contributed by atoms with E-state index in [0.29, 0.717) is 5.57 Å². The molecule has 0 saturated heterocycles. The van der Waals surface area contributed by atoms with Gasteiger partial charge >= 0.3 is 5.97 Å². The highest BCUT2D eigenvalue weighted by atomic mass is 16.4. The van der Waals surface area contributed by atoms with Gasteiger partial charge in [-0.3, -0.25) is 0 Å². The van der Waals surface area contributed by atoms with Crippen LogP contribution < -0.4 is 5.32 Å². The van der Waals surface area contributed by atoms with Crippen molar-refractivity contribution >= 4 is 5.97 Å². The molecule has 3 heteroatoms. The van der Waals surface area contributed by atoms with Crippen LogP contribution in [0.2, 0.25) is 0 Å². The van der Waals surface area contributed by atoms with Gasteiger partial charge < -0.3 is 10.4 Å². The first kappa shape index (κ1) is 9.17. The number of carboxylic acid groups (broad SMARTS) is 1. The average molecular weight is 143 g/mol. The van der Waals surface area contributed by atoms with E-state index in [2.05, 4.69) is 5.32 Å². The lowest BCUT2D eigenvalue weighted by Crippen LogP contribution is -2.06. The molecule has 10 heavy (non-hydrogen) atoms. The molecule has 0 radical (unpaired) electrons. The molecule has 0 saturated carbocycles. The Labute approximate surface area is 60.7 Å². The molecule has 0 aliphatic rings. The number of hydrogen-bond acceptors (Lipinski definition) is 2. The SMILES string of the molecule is CNCC/C=C(\C)C(=O)O. The van der Waals surface area contributed by atoms with Gasteiger partial charge in [0.2, 0.25) is 0 Å². The molecular formula is C7H13NO2. The van der Waals surface area contributed by atoms with Crippen LogP contribution in [0.3, 0.4) is 0 Å². The molecular weight excluding hydrogens is 130 g/mol. The summed E-state index contributed by atoms with van der Waals surface area (Å²) in [7, 11) is 1.84. The minimum Gasteiger partial charge on any atom is -0.478 e. The van der Waals surface area contributed by atoms with Crippen LogP contribution in [-0.4, -0.2) is 24.7 Å². The molecule has 0 amide bonds. The lowest BCUT2D eigenvalue weighted by Gasteiger charge is -1.93. The predicted molar refractivity (Wildman–Crippen MR) is 39.9 cm³/mol. The molecule has 2 N–H and O–H groups in total. The molecule has 0 unspecified atom stereocenters. The van der Waals surface area contributed by atoms with Crippen LogP contribution in [0.1, 0.15) is 13.3 Å². The summed E-state index contributed by atoms with van der Waals surface area (Å²) in [5, 5.41) is 11.3. The maximum absolute atomic E-state index is 10.2. The van der Waals surface area contributed by atoms with Crippen LogP contribution in [0.5, 0.6) is 0 Å². The Balaban J connectivity index is 3.58. The molecule has 0 fully saturated rings. The molecule has 0 rings (SSSR count). The predicted octanol–water partition coefficient (Wildman–Crippen LogP) is 0.627. The Morgan fingerprint density at radius 2 is 2.30 bits per heavy atom. The third kappa shape index (κ3) is 4.09. The van der Waals surface area contributed by atoms with Crippen LogP contribution in [0.4, 0.5) is 0 Å². The summed E-state index contributed by atoms with van der Waals surface area (Å²) >= 11 is 0. The topological polar surface area (TPSA) is 49.3 Å². The molecule has 0 aromatic rings. The quantitative estimate of drug-likeness (QED) is 0.448. The van der Waals surface area contributed by atoms with E-state index < -0.39 is 5.97 Å². The Morgan fingerprint density at radius 1 is 1.70 bits per heavy atom. The van der Waals surface area contributed by atoms with Crippen molar-refractivity contribution < 1.29 is 9.90 Å². The van der Waals surface area contributed by atoms with E-state index in [9.17, 15) is 4.79 Å². The van der Waals surface area contributed by atoms with Crippen molar-refractivity contribution in [2.75, 3.05) is 13.6 Å². The van der Waals surface area contributed by atoms with Gasteiger partial charge in [0.1, 0.15) is 0 Å². The maximum atomic E-state index is 10.2. The Bertz CT molecular complexity index is 141. The normalized spacial score (nSPS) is 11.6. The van der Waals surface area contributed by atoms with Gasteiger partial charge in [-0.05, 0) is 26.9 Å². The first-order valence-electron chi connectivity index (χ1n) is 3.23. The largest absolute Gasteiger partial charge is 0.478 e. The van der Waals surface area contributed by atoms with Gasteiger partial charge in [-0.1, -0.05) is 6.08 Å². The Hall–Kier alpha value is -0.830. The highest BCUT2D eigenvalue weighted by Gasteiger charge is 1.96. The molecule has 0 aromatic carbocycles. The van der Waals surface area contributed by atoms with Crippen molar-refractivity contribution in [1.82, 2.24) is 5.32 Å². The number of aliphatic carboxylic acids is 1. The van der Waals surface area contributed by atoms with Gasteiger partial charge in [-0.2, -0.15) is 0 Å². The molecule has 0 bridgehead atoms. The van der Waals surface area contributed by atoms with Gasteiger partial charge in [0.25, 0.3) is 0 Å². The molecule has 0 atom stereocenters. The van der Waals surface area contributed by atoms with E-state index >= 15 is 0 Å². The van der Waals surface area contributed by atoms with Crippen LogP contribution in [0.15, 0.2) is 11.6 Å². The monoisotopic (exact) mass is 143 g/mol. The van der Waals surface area contributed by atoms with Crippen molar-refractivity contribution in [1.29, 1.82) is 0 Å². The second kappa shape index (κ2) is 4.99. The smallest absolute Gasteiger partial charge is 0.330 e. The fourth-order valence-corrected chi connectivity index (χ4v) is 0.520. The van der Waals surface area contributed by atoms with Gasteiger partial charge in [-0.25, -0.2) is 4.79 Å². The molecule has 3 nitrogen and oxygen atoms in total. The number of carboxylic acids is 1. The van der Waals surface area contributed by atoms with E-state index in [0.717, 1.165) is 13.0 Å². The summed E-state index contributed by atoms with van der Waals surface area (Å²) in [4.78, 5) is 10.2. The Kier molecular flexibility index (Phi) is 4.58. The highest BCUT2D eigenvalue weighted by Crippen LogP contribution is 1.93. The Morgan fingerprint density at radius 3 is 2.70 bits per heavy atom. The van der Waals surface area contributed by atoms with Gasteiger partial charge in [-0.15, -0.1) is 0 Å². The summed E-state index contributed by atoms with van der Waals surface area (Å²) in [6.45, 7) is 2.42. The van der Waals surface area contributed by atoms with Crippen molar-refractivity contribution in [3.05, 3.63) is 11.6 Å². The van der Waals surface area contributed by atoms with Crippen molar-refractivity contribution in [3.8, 4) is 0 Å². The first-order valence-corrected chi connectivity index (χ1v) is 3.23. The van der Waals surface area contributed by atoms with Crippen LogP contribution in [-0.2, 0) is 4.79 Å². The zero-order chi connectivity index (χ0) is 7.98. The summed E-state index contributed by atoms with van der Waals surface area (Å²) in [5.41, 5.74) is 0.412. The zero-order valence-electron chi connectivity index (χ0n) is 6.35. The molecule has 0 aliphatic carbocycles. The van der Waals surface area contributed by atoms with Gasteiger partial charge in [0.05, 0.1) is 0 Å². The van der Waals surface area contributed by atoms with E-state index in [1.54, 1.807) is 13.0 Å². The zero-order valence-corrected chi connectivity index (χ0v) is 6.35. The lowest BCUT2D eigenvalue weighted by molar-refractivity contribution is -0.132. The summed E-state index contributed by atoms with van der Waals surface area (Å²) in [5.74, 6) is -0.837. The number of rotatable bonds is 4. The standard InChI is InChI=1S/C7H13NO2/c1-6(7(9)10)4-3-5-8-2/h4,8H,3,5H2,1-2H3,(H,9,10)/b6-4+. The average Bonchev–Trinajstić information content (AvgIpc) is 1.88. The minimum absolute atomic E-state index is 0.412. The third-order valence-corrected chi connectivity index (χ3v) is 1.18. The van der Waals surface area contributed by atoms with Crippen molar-refractivity contribution in [3.63, 3.8) is 0 Å². The van der Waals surface area contributed by atoms with E-state index in [-0.39, 0.29) is 0 Å². The van der Waals surface area contributed by atoms with Crippen molar-refractivity contribution in [2.45, 2.75) is 13.3 Å². The van der Waals surface area contributed by atoms with E-state index in [1.807, 2.05) is 7.05 Å². The summed E-state index contributed by atoms with van der Waals surface area (Å²) in [6, 6.07) is 0. The van der Waals surface area contributed by atoms with Gasteiger partial charge in [0.15, 0.2) is 0 Å². The summed E-state index contributed by atoms with van der Waals surface area (Å²) < 4.78 is 0. The maximum Gasteiger partial charge on any atom is 0.330 e. The second-order valence-electron chi connectivity index (χ2n) is 2.08. The van der Waals surface area contributed by atoms with Gasteiger partial charge in [0, 0.05) is 5.57 Å². The van der Waals surface area contributed by atoms with E-state index in [4.69, 9.17) is 5.11 Å². The number of hydrogen-bond donors (Lipinski definition) is 2. The molecule has 58 valence electrons. The molecule has 0 aliphatic heterocycles. The van der Waals surface area contributed by atoms with Crippen molar-refractivity contribution in [2.24, 2.45) is 0 Å².